The lowest BCUT2D eigenvalue weighted by Gasteiger charge is -1.88. The molecule has 120 valence electrons. The normalized spacial score (nSPS) is 9.24. The van der Waals surface area contributed by atoms with Gasteiger partial charge in [-0.25, -0.2) is 4.98 Å². The summed E-state index contributed by atoms with van der Waals surface area (Å²) in [5, 5.41) is 6.28. The summed E-state index contributed by atoms with van der Waals surface area (Å²) in [6.07, 6.45) is 4.38. The van der Waals surface area contributed by atoms with Gasteiger partial charge in [-0.05, 0) is 47.6 Å². The van der Waals surface area contributed by atoms with E-state index >= 15 is 0 Å². The van der Waals surface area contributed by atoms with Crippen LogP contribution >= 0.6 is 15.9 Å². The maximum absolute atomic E-state index is 10.1. The van der Waals surface area contributed by atoms with Crippen molar-refractivity contribution in [2.45, 2.75) is 46.4 Å². The van der Waals surface area contributed by atoms with Gasteiger partial charge in [-0.1, -0.05) is 22.4 Å². The largest absolute Gasteiger partial charge is 0.388 e. The summed E-state index contributed by atoms with van der Waals surface area (Å²) in [4.78, 5) is 17.4. The van der Waals surface area contributed by atoms with Crippen LogP contribution in [0.25, 0.3) is 0 Å². The molecule has 21 heavy (non-hydrogen) atoms. The van der Waals surface area contributed by atoms with Gasteiger partial charge >= 0.3 is 0 Å². The molecule has 0 amide bonds. The highest BCUT2D eigenvalue weighted by molar-refractivity contribution is 9.10. The number of aryl methyl sites for hydroxylation is 3. The van der Waals surface area contributed by atoms with Crippen LogP contribution in [0, 0.1) is 38.6 Å². The number of rotatable bonds is 1. The Labute approximate surface area is 135 Å². The first kappa shape index (κ1) is 24.2. The lowest BCUT2D eigenvalue weighted by molar-refractivity contribution is -0.116. The molecule has 1 heterocycles. The number of imidazole rings is 1. The Hall–Kier alpha value is -1.81. The number of carbonyl (C=O) groups is 1. The first-order valence-corrected chi connectivity index (χ1v) is 7.02. The lowest BCUT2D eigenvalue weighted by Crippen LogP contribution is -2.01. The van der Waals surface area contributed by atoms with Crippen molar-refractivity contribution in [3.8, 4) is 12.5 Å². The van der Waals surface area contributed by atoms with Crippen molar-refractivity contribution >= 4 is 27.5 Å². The molecular formula is C14H26BrN5O. The molecule has 0 saturated heterocycles. The number of hydrogen-bond acceptors (Lipinski definition) is 4. The second kappa shape index (κ2) is 14.6. The third kappa shape index (κ3) is 23.7. The number of H-pyrrole nitrogens is 1. The van der Waals surface area contributed by atoms with Crippen molar-refractivity contribution in [2.75, 3.05) is 0 Å². The van der Waals surface area contributed by atoms with Gasteiger partial charge in [0.05, 0.1) is 16.4 Å². The number of aromatic amines is 1. The van der Waals surface area contributed by atoms with Crippen LogP contribution in [-0.2, 0) is 4.79 Å². The molecule has 0 aromatic carbocycles. The fourth-order valence-electron chi connectivity index (χ4n) is 0.725. The molecule has 0 bridgehead atoms. The van der Waals surface area contributed by atoms with Gasteiger partial charge in [0.1, 0.15) is 11.6 Å². The number of Topliss-reactive ketones (excluding diaryl/α,β-unsaturated/α-hetero) is 1. The van der Waals surface area contributed by atoms with Gasteiger partial charge in [0, 0.05) is 5.69 Å². The van der Waals surface area contributed by atoms with Crippen molar-refractivity contribution in [3.63, 3.8) is 0 Å². The zero-order valence-corrected chi connectivity index (χ0v) is 15.1. The highest BCUT2D eigenvalue weighted by atomic mass is 79.9. The number of nitrogens with zero attached hydrogens (tertiary/aromatic N) is 1. The predicted molar refractivity (Wildman–Crippen MR) is 92.5 cm³/mol. The van der Waals surface area contributed by atoms with Gasteiger partial charge in [0.2, 0.25) is 0 Å². The average molecular weight is 360 g/mol. The van der Waals surface area contributed by atoms with E-state index in [9.17, 15) is 4.79 Å². The minimum absolute atomic E-state index is 0.0255. The minimum Gasteiger partial charge on any atom is -0.388 e. The lowest BCUT2D eigenvalue weighted by atomic mass is 10.4. The molecule has 1 aromatic heterocycles. The smallest absolute Gasteiger partial charge is 0.143 e. The van der Waals surface area contributed by atoms with Crippen molar-refractivity contribution < 1.29 is 4.79 Å². The van der Waals surface area contributed by atoms with E-state index in [1.54, 1.807) is 13.0 Å². The second-order valence-electron chi connectivity index (χ2n) is 4.11. The Kier molecular flexibility index (Phi) is 16.8. The molecule has 6 nitrogen and oxygen atoms in total. The summed E-state index contributed by atoms with van der Waals surface area (Å²) in [7, 11) is 0. The molecule has 1 atom stereocenters. The van der Waals surface area contributed by atoms with Crippen LogP contribution in [0.3, 0.4) is 0 Å². The molecule has 6 N–H and O–H groups in total. The van der Waals surface area contributed by atoms with E-state index < -0.39 is 0 Å². The summed E-state index contributed by atoms with van der Waals surface area (Å²) in [5.41, 5.74) is 11.3. The number of alkyl halides is 1. The Balaban J connectivity index is -0.000000223. The fraction of sp³-hybridized carbons (Fsp3) is 0.500. The molecule has 0 aliphatic rings. The summed E-state index contributed by atoms with van der Waals surface area (Å²) in [6, 6.07) is 1.75. The monoisotopic (exact) mass is 359 g/mol. The van der Waals surface area contributed by atoms with Crippen LogP contribution in [0.1, 0.15) is 38.0 Å². The molecule has 0 spiro atoms. The molecule has 0 aliphatic heterocycles. The van der Waals surface area contributed by atoms with E-state index in [1.807, 2.05) is 27.7 Å². The summed E-state index contributed by atoms with van der Waals surface area (Å²) in [6.45, 7) is 10.9. The topological polar surface area (TPSA) is 122 Å². The van der Waals surface area contributed by atoms with Crippen LogP contribution in [-0.4, -0.2) is 26.4 Å². The highest BCUT2D eigenvalue weighted by Gasteiger charge is 1.97. The third-order valence-electron chi connectivity index (χ3n) is 1.81. The number of terminal acetylenes is 1. The van der Waals surface area contributed by atoms with Crippen LogP contribution in [0.2, 0.25) is 0 Å². The minimum atomic E-state index is 0.0255. The molecule has 1 aromatic rings. The fourth-order valence-corrected chi connectivity index (χ4v) is 0.725. The maximum atomic E-state index is 10.1. The second-order valence-corrected chi connectivity index (χ2v) is 5.48. The van der Waals surface area contributed by atoms with Crippen molar-refractivity contribution in [2.24, 2.45) is 11.5 Å². The van der Waals surface area contributed by atoms with Crippen LogP contribution in [0.15, 0.2) is 0 Å². The van der Waals surface area contributed by atoms with Crippen molar-refractivity contribution in [3.05, 3.63) is 17.2 Å². The molecule has 7 heteroatoms. The number of ketones is 1. The summed E-state index contributed by atoms with van der Waals surface area (Å²) >= 11 is 3.09. The Morgan fingerprint density at radius 1 is 1.43 bits per heavy atom. The first-order valence-electron chi connectivity index (χ1n) is 6.10. The number of hydrogen-bond donors (Lipinski definition) is 4. The Morgan fingerprint density at radius 3 is 1.76 bits per heavy atom. The molecule has 0 fully saturated rings. The van der Waals surface area contributed by atoms with Gasteiger partial charge in [-0.3, -0.25) is 10.2 Å². The van der Waals surface area contributed by atoms with Crippen molar-refractivity contribution in [1.82, 2.24) is 9.97 Å². The van der Waals surface area contributed by atoms with Gasteiger partial charge in [0.15, 0.2) is 0 Å². The van der Waals surface area contributed by atoms with Gasteiger partial charge in [0.25, 0.3) is 0 Å². The highest BCUT2D eigenvalue weighted by Crippen LogP contribution is 1.99. The standard InChI is InChI=1S/C6H10N2.C4H7BrO.C2H6N2.C2H3N/c1-4-5(2)8-6(3)7-4;1-3(5)4(2)6;1-2(3)4;1-2-3/h1-3H3,(H,7,8);3H,1-2H3;1H3,(H3,3,4);1H,3H2. The van der Waals surface area contributed by atoms with Gasteiger partial charge in [-0.15, -0.1) is 0 Å². The molecule has 1 rings (SSSR count). The van der Waals surface area contributed by atoms with Gasteiger partial charge in [-0.2, -0.15) is 0 Å². The molecular weight excluding hydrogens is 334 g/mol. The zero-order valence-electron chi connectivity index (χ0n) is 13.5. The third-order valence-corrected chi connectivity index (χ3v) is 2.45. The molecule has 1 unspecified atom stereocenters. The van der Waals surface area contributed by atoms with Gasteiger partial charge < -0.3 is 16.5 Å². The first-order chi connectivity index (χ1) is 9.49. The quantitative estimate of drug-likeness (QED) is 0.202. The van der Waals surface area contributed by atoms with Crippen LogP contribution in [0.5, 0.6) is 0 Å². The Morgan fingerprint density at radius 2 is 1.71 bits per heavy atom. The molecule has 0 saturated carbocycles. The number of amidine groups is 1. The van der Waals surface area contributed by atoms with E-state index in [2.05, 4.69) is 38.1 Å². The summed E-state index contributed by atoms with van der Waals surface area (Å²) < 4.78 is 0. The summed E-state index contributed by atoms with van der Waals surface area (Å²) in [5.74, 6) is 1.34. The van der Waals surface area contributed by atoms with Crippen molar-refractivity contribution in [1.29, 1.82) is 5.41 Å². The number of nitrogens with one attached hydrogen (secondary N) is 2. The number of nitrogens with two attached hydrogens (primary N) is 2. The number of aromatic nitrogens is 2. The van der Waals surface area contributed by atoms with E-state index in [1.165, 1.54) is 12.6 Å². The van der Waals surface area contributed by atoms with E-state index in [4.69, 9.17) is 11.1 Å². The van der Waals surface area contributed by atoms with E-state index in [0.717, 1.165) is 11.5 Å². The Bertz CT molecular complexity index is 437. The number of halogens is 1. The predicted octanol–water partition coefficient (Wildman–Crippen LogP) is 2.17. The van der Waals surface area contributed by atoms with Crippen LogP contribution < -0.4 is 11.5 Å². The van der Waals surface area contributed by atoms with Crippen LogP contribution in [0.4, 0.5) is 0 Å². The average Bonchev–Trinajstić information content (AvgIpc) is 2.57. The van der Waals surface area contributed by atoms with E-state index in [0.29, 0.717) is 0 Å². The number of carbonyl (C=O) groups excluding carboxylic acids is 1. The molecule has 0 aliphatic carbocycles. The molecule has 0 radical (unpaired) electrons. The SMILES string of the molecule is C#CN.CC(=N)N.CC(=O)C(C)Br.Cc1nc(C)c(C)[nH]1. The maximum Gasteiger partial charge on any atom is 0.143 e. The zero-order chi connectivity index (χ0) is 17.6. The van der Waals surface area contributed by atoms with E-state index in [-0.39, 0.29) is 16.4 Å².